The lowest BCUT2D eigenvalue weighted by molar-refractivity contribution is -0.137. The zero-order chi connectivity index (χ0) is 26.4. The van der Waals surface area contributed by atoms with Crippen molar-refractivity contribution in [2.75, 3.05) is 27.3 Å². The van der Waals surface area contributed by atoms with Crippen molar-refractivity contribution in [3.05, 3.63) is 66.2 Å². The van der Waals surface area contributed by atoms with Gasteiger partial charge in [0, 0.05) is 24.0 Å². The van der Waals surface area contributed by atoms with Crippen molar-refractivity contribution >= 4 is 32.4 Å². The maximum atomic E-state index is 13.5. The van der Waals surface area contributed by atoms with Gasteiger partial charge in [-0.3, -0.25) is 4.79 Å². The third-order valence-electron chi connectivity index (χ3n) is 7.34. The predicted octanol–water partition coefficient (Wildman–Crippen LogP) is 4.28. The van der Waals surface area contributed by atoms with E-state index in [4.69, 9.17) is 14.6 Å². The maximum absolute atomic E-state index is 13.5. The minimum Gasteiger partial charge on any atom is -0.493 e. The zero-order valence-corrected chi connectivity index (χ0v) is 22.3. The summed E-state index contributed by atoms with van der Waals surface area (Å²) in [6, 6.07) is 18.2. The van der Waals surface area contributed by atoms with Crippen LogP contribution in [0.25, 0.3) is 10.8 Å². The molecule has 9 heteroatoms. The highest BCUT2D eigenvalue weighted by atomic mass is 32.2. The Balaban J connectivity index is 1.37. The Morgan fingerprint density at radius 2 is 1.59 bits per heavy atom. The van der Waals surface area contributed by atoms with Gasteiger partial charge in [-0.1, -0.05) is 36.4 Å². The van der Waals surface area contributed by atoms with Gasteiger partial charge < -0.3 is 9.47 Å². The normalized spacial score (nSPS) is 18.8. The summed E-state index contributed by atoms with van der Waals surface area (Å²) >= 11 is 0. The number of carbonyl (C=O) groups excluding carboxylic acids is 1. The molecule has 2 aliphatic rings. The van der Waals surface area contributed by atoms with E-state index in [-0.39, 0.29) is 11.9 Å². The van der Waals surface area contributed by atoms with Crippen molar-refractivity contribution in [3.63, 3.8) is 0 Å². The van der Waals surface area contributed by atoms with E-state index < -0.39 is 15.4 Å². The van der Waals surface area contributed by atoms with Crippen LogP contribution in [0, 0.1) is 5.41 Å². The van der Waals surface area contributed by atoms with Crippen LogP contribution in [0.5, 0.6) is 11.5 Å². The molecule has 3 aromatic carbocycles. The number of carbonyl (C=O) groups is 1. The molecule has 1 fully saturated rings. The molecule has 5 rings (SSSR count). The van der Waals surface area contributed by atoms with Gasteiger partial charge in [-0.15, -0.1) is 0 Å². The molecule has 0 aromatic heterocycles. The summed E-state index contributed by atoms with van der Waals surface area (Å²) in [5.41, 5.74) is 0.616. The van der Waals surface area contributed by atoms with Crippen molar-refractivity contribution < 1.29 is 22.7 Å². The molecule has 2 aliphatic heterocycles. The molecule has 0 N–H and O–H groups in total. The highest BCUT2D eigenvalue weighted by Crippen LogP contribution is 2.38. The fraction of sp³-hybridized carbons (Fsp3) is 0.357. The summed E-state index contributed by atoms with van der Waals surface area (Å²) in [6.07, 6.45) is 1.02. The number of rotatable bonds is 6. The van der Waals surface area contributed by atoms with Gasteiger partial charge in [0.25, 0.3) is 5.91 Å². The Bertz CT molecular complexity index is 1490. The molecule has 1 saturated heterocycles. The zero-order valence-electron chi connectivity index (χ0n) is 21.5. The molecule has 0 radical (unpaired) electrons. The first kappa shape index (κ1) is 25.2. The number of hydrazone groups is 1. The predicted molar refractivity (Wildman–Crippen MR) is 142 cm³/mol. The number of hydrogen-bond donors (Lipinski definition) is 0. The molecular weight excluding hydrogens is 490 g/mol. The van der Waals surface area contributed by atoms with Crippen LogP contribution >= 0.6 is 0 Å². The smallest absolute Gasteiger partial charge is 0.254 e. The monoisotopic (exact) mass is 521 g/mol. The second-order valence-electron chi connectivity index (χ2n) is 9.91. The molecule has 3 aromatic rings. The van der Waals surface area contributed by atoms with Gasteiger partial charge in [-0.2, -0.15) is 9.41 Å². The molecule has 194 valence electrons. The van der Waals surface area contributed by atoms with E-state index in [0.29, 0.717) is 53.4 Å². The van der Waals surface area contributed by atoms with Crippen LogP contribution in [0.1, 0.15) is 32.3 Å². The van der Waals surface area contributed by atoms with Crippen LogP contribution in [0.2, 0.25) is 0 Å². The Kier molecular flexibility index (Phi) is 6.45. The van der Waals surface area contributed by atoms with E-state index in [9.17, 15) is 13.2 Å². The molecule has 0 unspecified atom stereocenters. The Morgan fingerprint density at radius 3 is 2.30 bits per heavy atom. The summed E-state index contributed by atoms with van der Waals surface area (Å²) in [5, 5.41) is 7.94. The van der Waals surface area contributed by atoms with Crippen LogP contribution in [0.4, 0.5) is 0 Å². The van der Waals surface area contributed by atoms with Crippen molar-refractivity contribution in [2.45, 2.75) is 37.6 Å². The number of nitrogens with zero attached hydrogens (tertiary/aromatic N) is 3. The highest BCUT2D eigenvalue weighted by molar-refractivity contribution is 7.89. The minimum atomic E-state index is -3.67. The van der Waals surface area contributed by atoms with Gasteiger partial charge in [0.15, 0.2) is 11.5 Å². The number of methoxy groups -OCH3 is 2. The number of benzene rings is 3. The molecular formula is C28H31N3O5S. The largest absolute Gasteiger partial charge is 0.493 e. The Labute approximate surface area is 217 Å². The highest BCUT2D eigenvalue weighted by Gasteiger charge is 2.47. The molecule has 0 spiro atoms. The van der Waals surface area contributed by atoms with E-state index in [1.165, 1.54) is 4.31 Å². The van der Waals surface area contributed by atoms with Gasteiger partial charge in [0.2, 0.25) is 10.0 Å². The van der Waals surface area contributed by atoms with Gasteiger partial charge in [-0.05, 0) is 56.3 Å². The van der Waals surface area contributed by atoms with Crippen LogP contribution in [-0.4, -0.2) is 62.7 Å². The second-order valence-corrected chi connectivity index (χ2v) is 11.8. The molecule has 0 atom stereocenters. The fourth-order valence-corrected chi connectivity index (χ4v) is 6.89. The fourth-order valence-electron chi connectivity index (χ4n) is 5.20. The third kappa shape index (κ3) is 4.26. The van der Waals surface area contributed by atoms with Crippen LogP contribution in [-0.2, 0) is 14.8 Å². The van der Waals surface area contributed by atoms with E-state index in [1.54, 1.807) is 37.4 Å². The summed E-state index contributed by atoms with van der Waals surface area (Å²) < 4.78 is 39.4. The molecule has 8 nitrogen and oxygen atoms in total. The summed E-state index contributed by atoms with van der Waals surface area (Å²) in [7, 11) is -0.525. The molecule has 0 aliphatic carbocycles. The molecule has 0 bridgehead atoms. The lowest BCUT2D eigenvalue weighted by Gasteiger charge is -2.35. The van der Waals surface area contributed by atoms with Gasteiger partial charge >= 0.3 is 0 Å². The van der Waals surface area contributed by atoms with Crippen molar-refractivity contribution in [1.82, 2.24) is 9.31 Å². The van der Waals surface area contributed by atoms with E-state index in [1.807, 2.05) is 56.3 Å². The number of fused-ring (bicyclic) bond motifs is 1. The number of piperidine rings is 1. The van der Waals surface area contributed by atoms with Gasteiger partial charge in [0.05, 0.1) is 36.3 Å². The lowest BCUT2D eigenvalue weighted by atomic mass is 9.83. The number of hydrogen-bond acceptors (Lipinski definition) is 6. The first-order valence-corrected chi connectivity index (χ1v) is 13.8. The second kappa shape index (κ2) is 9.46. The van der Waals surface area contributed by atoms with E-state index in [2.05, 4.69) is 0 Å². The molecule has 1 amide bonds. The quantitative estimate of drug-likeness (QED) is 0.483. The summed E-state index contributed by atoms with van der Waals surface area (Å²) in [4.78, 5) is 13.8. The van der Waals surface area contributed by atoms with E-state index >= 15 is 0 Å². The third-order valence-corrected chi connectivity index (χ3v) is 9.29. The van der Waals surface area contributed by atoms with Crippen molar-refractivity contribution in [2.24, 2.45) is 10.5 Å². The Hall–Kier alpha value is -3.43. The molecule has 0 saturated carbocycles. The topological polar surface area (TPSA) is 88.5 Å². The average Bonchev–Trinajstić information content (AvgIpc) is 3.16. The van der Waals surface area contributed by atoms with Crippen molar-refractivity contribution in [1.29, 1.82) is 0 Å². The summed E-state index contributed by atoms with van der Waals surface area (Å²) in [5.74, 6) is 1.08. The number of amides is 1. The molecule has 2 heterocycles. The SMILES string of the molecule is COc1ccc(C2=NN(C3CCN(S(=O)(=O)c4cccc5ccccc45)CC3)C(=O)C2(C)C)cc1OC. The minimum absolute atomic E-state index is 0.0901. The van der Waals surface area contributed by atoms with Gasteiger partial charge in [-0.25, -0.2) is 13.4 Å². The maximum Gasteiger partial charge on any atom is 0.254 e. The van der Waals surface area contributed by atoms with Crippen LogP contribution in [0.3, 0.4) is 0 Å². The average molecular weight is 522 g/mol. The standard InChI is InChI=1S/C28H31N3O5S/c1-28(2)26(20-12-13-23(35-3)24(18-20)36-4)29-31(27(28)32)21-14-16-30(17-15-21)37(33,34)25-11-7-9-19-8-5-6-10-22(19)25/h5-13,18,21H,14-17H2,1-4H3. The van der Waals surface area contributed by atoms with Gasteiger partial charge in [0.1, 0.15) is 0 Å². The summed E-state index contributed by atoms with van der Waals surface area (Å²) in [6.45, 7) is 4.37. The molecule has 37 heavy (non-hydrogen) atoms. The number of ether oxygens (including phenoxy) is 2. The van der Waals surface area contributed by atoms with Crippen LogP contribution < -0.4 is 9.47 Å². The first-order chi connectivity index (χ1) is 17.7. The van der Waals surface area contributed by atoms with E-state index in [0.717, 1.165) is 10.9 Å². The Morgan fingerprint density at radius 1 is 0.919 bits per heavy atom. The van der Waals surface area contributed by atoms with Crippen molar-refractivity contribution in [3.8, 4) is 11.5 Å². The first-order valence-electron chi connectivity index (χ1n) is 12.3. The lowest BCUT2D eigenvalue weighted by Crippen LogP contribution is -2.47. The number of sulfonamides is 1. The van der Waals surface area contributed by atoms with Crippen LogP contribution in [0.15, 0.2) is 70.7 Å².